The maximum Gasteiger partial charge on any atom is 0.239 e. The first kappa shape index (κ1) is 11.4. The van der Waals surface area contributed by atoms with Crippen molar-refractivity contribution in [1.29, 1.82) is 0 Å². The van der Waals surface area contributed by atoms with Gasteiger partial charge < -0.3 is 4.74 Å². The number of methoxy groups -OCH3 is 1. The lowest BCUT2D eigenvalue weighted by molar-refractivity contribution is 0.382. The van der Waals surface area contributed by atoms with E-state index in [1.807, 2.05) is 0 Å². The predicted molar refractivity (Wildman–Crippen MR) is 52.0 cm³/mol. The van der Waals surface area contributed by atoms with Crippen LogP contribution in [0.3, 0.4) is 0 Å². The van der Waals surface area contributed by atoms with Crippen LogP contribution in [0.4, 0.5) is 4.39 Å². The normalized spacial score (nSPS) is 11.4. The molecular weight excluding hydrogens is 277 g/mol. The molecular formula is C7H7BrFNO3S. The Morgan fingerprint density at radius 2 is 2.07 bits per heavy atom. The first-order valence-electron chi connectivity index (χ1n) is 3.42. The van der Waals surface area contributed by atoms with E-state index in [1.165, 1.54) is 7.11 Å². The Morgan fingerprint density at radius 3 is 2.50 bits per heavy atom. The molecule has 0 spiro atoms. The van der Waals surface area contributed by atoms with Gasteiger partial charge in [0.05, 0.1) is 16.5 Å². The highest BCUT2D eigenvalue weighted by Crippen LogP contribution is 2.33. The van der Waals surface area contributed by atoms with Crippen molar-refractivity contribution in [2.24, 2.45) is 5.14 Å². The summed E-state index contributed by atoms with van der Waals surface area (Å²) in [6, 6.07) is 2.04. The molecule has 1 aromatic rings. The highest BCUT2D eigenvalue weighted by Gasteiger charge is 2.18. The molecule has 0 saturated heterocycles. The predicted octanol–water partition coefficient (Wildman–Crippen LogP) is 1.24. The molecule has 4 nitrogen and oxygen atoms in total. The molecule has 0 bridgehead atoms. The second kappa shape index (κ2) is 3.84. The van der Waals surface area contributed by atoms with Gasteiger partial charge in [0.15, 0.2) is 11.6 Å². The van der Waals surface area contributed by atoms with E-state index in [-0.39, 0.29) is 15.1 Å². The van der Waals surface area contributed by atoms with Gasteiger partial charge in [-0.05, 0) is 28.1 Å². The molecule has 1 rings (SSSR count). The van der Waals surface area contributed by atoms with Crippen LogP contribution in [0.25, 0.3) is 0 Å². The maximum atomic E-state index is 13.0. The molecule has 0 unspecified atom stereocenters. The van der Waals surface area contributed by atoms with Crippen LogP contribution < -0.4 is 9.88 Å². The largest absolute Gasteiger partial charge is 0.492 e. The van der Waals surface area contributed by atoms with Crippen LogP contribution in [0.2, 0.25) is 0 Å². The Balaban J connectivity index is 3.52. The second-order valence-electron chi connectivity index (χ2n) is 2.44. The van der Waals surface area contributed by atoms with Crippen LogP contribution in [0.15, 0.2) is 21.5 Å². The Hall–Kier alpha value is -0.660. The number of halogens is 2. The summed E-state index contributed by atoms with van der Waals surface area (Å²) >= 11 is 2.90. The number of primary sulfonamides is 1. The molecule has 0 amide bonds. The fraction of sp³-hybridized carbons (Fsp3) is 0.143. The molecule has 78 valence electrons. The van der Waals surface area contributed by atoms with Crippen LogP contribution in [-0.4, -0.2) is 15.5 Å². The third kappa shape index (κ3) is 2.05. The fourth-order valence-electron chi connectivity index (χ4n) is 0.921. The molecule has 14 heavy (non-hydrogen) atoms. The first-order valence-corrected chi connectivity index (χ1v) is 5.76. The second-order valence-corrected chi connectivity index (χ2v) is 4.76. The van der Waals surface area contributed by atoms with E-state index >= 15 is 0 Å². The molecule has 0 radical (unpaired) electrons. The van der Waals surface area contributed by atoms with Gasteiger partial charge in [-0.2, -0.15) is 0 Å². The average Bonchev–Trinajstić information content (AvgIpc) is 2.02. The number of sulfonamides is 1. The molecule has 0 aromatic heterocycles. The molecule has 0 aliphatic heterocycles. The van der Waals surface area contributed by atoms with Gasteiger partial charge in [0, 0.05) is 0 Å². The van der Waals surface area contributed by atoms with Gasteiger partial charge in [-0.3, -0.25) is 0 Å². The minimum atomic E-state index is -3.88. The van der Waals surface area contributed by atoms with Gasteiger partial charge in [-0.25, -0.2) is 17.9 Å². The molecule has 0 atom stereocenters. The molecule has 1 aromatic carbocycles. The average molecular weight is 284 g/mol. The molecule has 2 N–H and O–H groups in total. The van der Waals surface area contributed by atoms with Crippen molar-refractivity contribution in [3.8, 4) is 5.75 Å². The summed E-state index contributed by atoms with van der Waals surface area (Å²) in [7, 11) is -2.64. The first-order chi connectivity index (χ1) is 6.38. The zero-order chi connectivity index (χ0) is 10.9. The summed E-state index contributed by atoms with van der Waals surface area (Å²) in [4.78, 5) is -0.212. The van der Waals surface area contributed by atoms with Gasteiger partial charge in [0.25, 0.3) is 0 Å². The number of benzene rings is 1. The molecule has 7 heteroatoms. The van der Waals surface area contributed by atoms with E-state index in [2.05, 4.69) is 20.7 Å². The Bertz CT molecular complexity index is 460. The van der Waals surface area contributed by atoms with E-state index in [4.69, 9.17) is 5.14 Å². The summed E-state index contributed by atoms with van der Waals surface area (Å²) in [6.45, 7) is 0. The van der Waals surface area contributed by atoms with E-state index in [0.29, 0.717) is 0 Å². The van der Waals surface area contributed by atoms with Crippen molar-refractivity contribution >= 4 is 26.0 Å². The minimum absolute atomic E-state index is 0.0116. The molecule has 0 aliphatic rings. The van der Waals surface area contributed by atoms with E-state index < -0.39 is 15.8 Å². The minimum Gasteiger partial charge on any atom is -0.492 e. The van der Waals surface area contributed by atoms with Crippen LogP contribution in [0, 0.1) is 5.82 Å². The number of ether oxygens (including phenoxy) is 1. The lowest BCUT2D eigenvalue weighted by Gasteiger charge is -2.07. The van der Waals surface area contributed by atoms with Crippen molar-refractivity contribution in [2.45, 2.75) is 4.90 Å². The van der Waals surface area contributed by atoms with Gasteiger partial charge in [0.2, 0.25) is 10.0 Å². The molecule has 0 fully saturated rings. The maximum absolute atomic E-state index is 13.0. The topological polar surface area (TPSA) is 69.4 Å². The highest BCUT2D eigenvalue weighted by molar-refractivity contribution is 9.10. The van der Waals surface area contributed by atoms with Crippen LogP contribution in [0.5, 0.6) is 5.75 Å². The smallest absolute Gasteiger partial charge is 0.239 e. The summed E-state index contributed by atoms with van der Waals surface area (Å²) in [5.41, 5.74) is 0. The van der Waals surface area contributed by atoms with Crippen molar-refractivity contribution in [3.63, 3.8) is 0 Å². The Kier molecular flexibility index (Phi) is 3.13. The summed E-state index contributed by atoms with van der Waals surface area (Å²) in [6.07, 6.45) is 0. The monoisotopic (exact) mass is 283 g/mol. The zero-order valence-electron chi connectivity index (χ0n) is 7.12. The van der Waals surface area contributed by atoms with E-state index in [1.54, 1.807) is 0 Å². The van der Waals surface area contributed by atoms with E-state index in [0.717, 1.165) is 12.1 Å². The lowest BCUT2D eigenvalue weighted by atomic mass is 10.3. The summed E-state index contributed by atoms with van der Waals surface area (Å²) in [5.74, 6) is -0.844. The Labute approximate surface area is 89.0 Å². The molecule has 0 heterocycles. The van der Waals surface area contributed by atoms with E-state index in [9.17, 15) is 12.8 Å². The number of rotatable bonds is 2. The third-order valence-electron chi connectivity index (χ3n) is 1.52. The van der Waals surface area contributed by atoms with Crippen LogP contribution in [0.1, 0.15) is 0 Å². The standard InChI is InChI=1S/C7H7BrFNO3S/c1-13-7-4(9)2-3-5(6(7)8)14(10,11)12/h2-3H,1H3,(H2,10,11,12). The lowest BCUT2D eigenvalue weighted by Crippen LogP contribution is -2.13. The SMILES string of the molecule is COc1c(F)ccc(S(N)(=O)=O)c1Br. The zero-order valence-corrected chi connectivity index (χ0v) is 9.52. The molecule has 0 aliphatic carbocycles. The molecule has 0 saturated carbocycles. The van der Waals surface area contributed by atoms with Crippen molar-refractivity contribution in [3.05, 3.63) is 22.4 Å². The fourth-order valence-corrected chi connectivity index (χ4v) is 2.68. The third-order valence-corrected chi connectivity index (χ3v) is 3.53. The van der Waals surface area contributed by atoms with Crippen molar-refractivity contribution < 1.29 is 17.5 Å². The quantitative estimate of drug-likeness (QED) is 0.888. The highest BCUT2D eigenvalue weighted by atomic mass is 79.9. The van der Waals surface area contributed by atoms with Crippen molar-refractivity contribution in [2.75, 3.05) is 7.11 Å². The van der Waals surface area contributed by atoms with Gasteiger partial charge in [-0.15, -0.1) is 0 Å². The van der Waals surface area contributed by atoms with Crippen LogP contribution in [-0.2, 0) is 10.0 Å². The Morgan fingerprint density at radius 1 is 1.50 bits per heavy atom. The number of hydrogen-bond acceptors (Lipinski definition) is 3. The number of nitrogens with two attached hydrogens (primary N) is 1. The van der Waals surface area contributed by atoms with Gasteiger partial charge >= 0.3 is 0 Å². The van der Waals surface area contributed by atoms with Gasteiger partial charge in [0.1, 0.15) is 0 Å². The van der Waals surface area contributed by atoms with Crippen LogP contribution >= 0.6 is 15.9 Å². The van der Waals surface area contributed by atoms with Crippen molar-refractivity contribution in [1.82, 2.24) is 0 Å². The van der Waals surface area contributed by atoms with Gasteiger partial charge in [-0.1, -0.05) is 0 Å². The number of hydrogen-bond donors (Lipinski definition) is 1. The summed E-state index contributed by atoms with van der Waals surface area (Å²) in [5, 5.41) is 4.90. The summed E-state index contributed by atoms with van der Waals surface area (Å²) < 4.78 is 39.7.